The molecule has 0 spiro atoms. The van der Waals surface area contributed by atoms with Gasteiger partial charge < -0.3 is 10.2 Å². The third-order valence-corrected chi connectivity index (χ3v) is 4.37. The van der Waals surface area contributed by atoms with Gasteiger partial charge >= 0.3 is 0 Å². The number of carbonyl (C=O) groups excluding carboxylic acids is 1. The predicted octanol–water partition coefficient (Wildman–Crippen LogP) is 3.03. The number of anilines is 1. The van der Waals surface area contributed by atoms with Crippen molar-refractivity contribution >= 4 is 23.1 Å². The number of amides is 1. The van der Waals surface area contributed by atoms with Crippen LogP contribution in [0.4, 0.5) is 5.82 Å². The molecule has 6 heteroatoms. The van der Waals surface area contributed by atoms with Gasteiger partial charge in [-0.15, -0.1) is 11.3 Å². The first-order valence-corrected chi connectivity index (χ1v) is 7.58. The van der Waals surface area contributed by atoms with Gasteiger partial charge in [0.05, 0.1) is 22.3 Å². The Morgan fingerprint density at radius 3 is 2.52 bits per heavy atom. The third kappa shape index (κ3) is 3.58. The number of thiazole rings is 1. The minimum Gasteiger partial charge on any atom is -0.363 e. The molecule has 1 unspecified atom stereocenters. The summed E-state index contributed by atoms with van der Waals surface area (Å²) in [5.74, 6) is 0.708. The van der Waals surface area contributed by atoms with Crippen LogP contribution in [0.25, 0.3) is 0 Å². The number of hydrogen-bond acceptors (Lipinski definition) is 5. The van der Waals surface area contributed by atoms with Crippen LogP contribution in [-0.2, 0) is 0 Å². The Morgan fingerprint density at radius 1 is 1.33 bits per heavy atom. The van der Waals surface area contributed by atoms with Gasteiger partial charge in [0.2, 0.25) is 0 Å². The Bertz CT molecular complexity index is 634. The normalized spacial score (nSPS) is 12.0. The van der Waals surface area contributed by atoms with Crippen molar-refractivity contribution in [1.29, 1.82) is 0 Å². The molecule has 2 aromatic rings. The molecule has 0 saturated heterocycles. The Hall–Kier alpha value is -1.95. The highest BCUT2D eigenvalue weighted by Crippen LogP contribution is 2.26. The summed E-state index contributed by atoms with van der Waals surface area (Å²) in [4.78, 5) is 23.3. The molecule has 0 aromatic carbocycles. The Kier molecular flexibility index (Phi) is 4.57. The fraction of sp³-hybridized carbons (Fsp3) is 0.400. The fourth-order valence-corrected chi connectivity index (χ4v) is 3.03. The highest BCUT2D eigenvalue weighted by Gasteiger charge is 2.14. The van der Waals surface area contributed by atoms with Crippen molar-refractivity contribution in [3.05, 3.63) is 39.5 Å². The van der Waals surface area contributed by atoms with E-state index >= 15 is 0 Å². The Labute approximate surface area is 129 Å². The molecule has 0 aliphatic rings. The molecule has 1 atom stereocenters. The molecule has 0 radical (unpaired) electrons. The maximum Gasteiger partial charge on any atom is 0.254 e. The number of carbonyl (C=O) groups is 1. The van der Waals surface area contributed by atoms with E-state index in [0.717, 1.165) is 16.5 Å². The van der Waals surface area contributed by atoms with Gasteiger partial charge in [0.25, 0.3) is 5.91 Å². The lowest BCUT2D eigenvalue weighted by atomic mass is 10.2. The van der Waals surface area contributed by atoms with Crippen molar-refractivity contribution in [2.24, 2.45) is 0 Å². The molecule has 0 saturated carbocycles. The van der Waals surface area contributed by atoms with Crippen LogP contribution < -0.4 is 5.32 Å². The summed E-state index contributed by atoms with van der Waals surface area (Å²) in [6, 6.07) is 3.75. The minimum absolute atomic E-state index is 0.0453. The standard InChI is InChI=1S/C15H20N4OS/c1-9-14(21-11(3)17-9)10(2)18-13-7-6-12(8-16-13)15(20)19(4)5/h6-8,10H,1-5H3,(H,16,18). The van der Waals surface area contributed by atoms with Crippen LogP contribution in [0, 0.1) is 13.8 Å². The maximum atomic E-state index is 11.8. The monoisotopic (exact) mass is 304 g/mol. The van der Waals surface area contributed by atoms with Crippen LogP contribution in [-0.4, -0.2) is 34.9 Å². The molecule has 0 aliphatic carbocycles. The predicted molar refractivity (Wildman–Crippen MR) is 85.9 cm³/mol. The first-order valence-electron chi connectivity index (χ1n) is 6.76. The largest absolute Gasteiger partial charge is 0.363 e. The molecule has 0 bridgehead atoms. The summed E-state index contributed by atoms with van der Waals surface area (Å²) >= 11 is 1.69. The zero-order valence-corrected chi connectivity index (χ0v) is 13.8. The van der Waals surface area contributed by atoms with E-state index in [-0.39, 0.29) is 11.9 Å². The van der Waals surface area contributed by atoms with Gasteiger partial charge in [-0.2, -0.15) is 0 Å². The molecule has 2 aromatic heterocycles. The topological polar surface area (TPSA) is 58.1 Å². The highest BCUT2D eigenvalue weighted by molar-refractivity contribution is 7.11. The van der Waals surface area contributed by atoms with Crippen molar-refractivity contribution < 1.29 is 4.79 Å². The minimum atomic E-state index is -0.0453. The molecular weight excluding hydrogens is 284 g/mol. The lowest BCUT2D eigenvalue weighted by Crippen LogP contribution is -2.21. The lowest BCUT2D eigenvalue weighted by molar-refractivity contribution is 0.0827. The summed E-state index contributed by atoms with van der Waals surface area (Å²) in [6.07, 6.45) is 1.60. The smallest absolute Gasteiger partial charge is 0.254 e. The van der Waals surface area contributed by atoms with E-state index < -0.39 is 0 Å². The molecule has 2 heterocycles. The number of nitrogens with one attached hydrogen (secondary N) is 1. The van der Waals surface area contributed by atoms with Gasteiger partial charge in [0.1, 0.15) is 5.82 Å². The quantitative estimate of drug-likeness (QED) is 0.943. The maximum absolute atomic E-state index is 11.8. The van der Waals surface area contributed by atoms with E-state index in [1.54, 1.807) is 37.7 Å². The van der Waals surface area contributed by atoms with Crippen LogP contribution in [0.3, 0.4) is 0 Å². The molecule has 1 N–H and O–H groups in total. The van der Waals surface area contributed by atoms with E-state index in [0.29, 0.717) is 5.56 Å². The van der Waals surface area contributed by atoms with E-state index in [4.69, 9.17) is 0 Å². The number of aryl methyl sites for hydroxylation is 2. The Balaban J connectivity index is 2.10. The zero-order chi connectivity index (χ0) is 15.6. The first-order chi connectivity index (χ1) is 9.88. The molecule has 2 rings (SSSR count). The van der Waals surface area contributed by atoms with Crippen LogP contribution in [0.5, 0.6) is 0 Å². The highest BCUT2D eigenvalue weighted by atomic mass is 32.1. The number of pyridine rings is 1. The van der Waals surface area contributed by atoms with Crippen LogP contribution in [0.1, 0.15) is 38.9 Å². The van der Waals surface area contributed by atoms with Gasteiger partial charge in [0, 0.05) is 25.2 Å². The molecule has 21 heavy (non-hydrogen) atoms. The SMILES string of the molecule is Cc1nc(C)c(C(C)Nc2ccc(C(=O)N(C)C)cn2)s1. The van der Waals surface area contributed by atoms with Gasteiger partial charge in [-0.1, -0.05) is 0 Å². The lowest BCUT2D eigenvalue weighted by Gasteiger charge is -2.14. The summed E-state index contributed by atoms with van der Waals surface area (Å²) in [5, 5.41) is 4.41. The average molecular weight is 304 g/mol. The van der Waals surface area contributed by atoms with Crippen LogP contribution in [0.15, 0.2) is 18.3 Å². The first kappa shape index (κ1) is 15.4. The van der Waals surface area contributed by atoms with Gasteiger partial charge in [-0.25, -0.2) is 9.97 Å². The van der Waals surface area contributed by atoms with Crippen molar-refractivity contribution in [3.8, 4) is 0 Å². The van der Waals surface area contributed by atoms with Gasteiger partial charge in [-0.3, -0.25) is 4.79 Å². The molecular formula is C15H20N4OS. The van der Waals surface area contributed by atoms with E-state index in [2.05, 4.69) is 22.2 Å². The summed E-state index contributed by atoms with van der Waals surface area (Å²) in [5.41, 5.74) is 1.64. The summed E-state index contributed by atoms with van der Waals surface area (Å²) < 4.78 is 0. The second-order valence-electron chi connectivity index (χ2n) is 5.18. The average Bonchev–Trinajstić information content (AvgIpc) is 2.77. The summed E-state index contributed by atoms with van der Waals surface area (Å²) in [6.45, 7) is 6.11. The number of rotatable bonds is 4. The number of hydrogen-bond donors (Lipinski definition) is 1. The summed E-state index contributed by atoms with van der Waals surface area (Å²) in [7, 11) is 3.46. The molecule has 1 amide bonds. The van der Waals surface area contributed by atoms with E-state index in [1.165, 1.54) is 9.78 Å². The van der Waals surface area contributed by atoms with Gasteiger partial charge in [-0.05, 0) is 32.9 Å². The van der Waals surface area contributed by atoms with Crippen molar-refractivity contribution in [2.45, 2.75) is 26.8 Å². The molecule has 112 valence electrons. The van der Waals surface area contributed by atoms with E-state index in [9.17, 15) is 4.79 Å². The zero-order valence-electron chi connectivity index (χ0n) is 13.0. The van der Waals surface area contributed by atoms with Crippen LogP contribution in [0.2, 0.25) is 0 Å². The second-order valence-corrected chi connectivity index (χ2v) is 6.42. The van der Waals surface area contributed by atoms with Crippen LogP contribution >= 0.6 is 11.3 Å². The van der Waals surface area contributed by atoms with Crippen molar-refractivity contribution in [3.63, 3.8) is 0 Å². The molecule has 5 nitrogen and oxygen atoms in total. The van der Waals surface area contributed by atoms with E-state index in [1.807, 2.05) is 19.9 Å². The molecule has 0 fully saturated rings. The second kappa shape index (κ2) is 6.22. The van der Waals surface area contributed by atoms with Crippen molar-refractivity contribution in [2.75, 3.05) is 19.4 Å². The fourth-order valence-electron chi connectivity index (χ4n) is 2.10. The third-order valence-electron chi connectivity index (χ3n) is 3.11. The number of aromatic nitrogens is 2. The number of nitrogens with zero attached hydrogens (tertiary/aromatic N) is 3. The molecule has 0 aliphatic heterocycles. The Morgan fingerprint density at radius 2 is 2.05 bits per heavy atom. The van der Waals surface area contributed by atoms with Crippen molar-refractivity contribution in [1.82, 2.24) is 14.9 Å². The van der Waals surface area contributed by atoms with Gasteiger partial charge in [0.15, 0.2) is 0 Å².